The first-order chi connectivity index (χ1) is 10.2. The molecule has 0 spiro atoms. The van der Waals surface area contributed by atoms with Crippen molar-refractivity contribution in [3.05, 3.63) is 47.3 Å². The molecule has 0 bridgehead atoms. The number of nitrogens with zero attached hydrogens (tertiary/aromatic N) is 2. The van der Waals surface area contributed by atoms with E-state index in [9.17, 15) is 4.79 Å². The Labute approximate surface area is 122 Å². The van der Waals surface area contributed by atoms with Crippen LogP contribution >= 0.6 is 0 Å². The molecule has 0 unspecified atom stereocenters. The second kappa shape index (κ2) is 5.97. The lowest BCUT2D eigenvalue weighted by atomic mass is 10.1. The van der Waals surface area contributed by atoms with Crippen LogP contribution in [0.1, 0.15) is 17.0 Å². The number of carboxylic acid groups (broad SMARTS) is 1. The molecule has 3 rings (SSSR count). The fraction of sp³-hybridized carbons (Fsp3) is 0.333. The summed E-state index contributed by atoms with van der Waals surface area (Å²) >= 11 is 0. The van der Waals surface area contributed by atoms with E-state index >= 15 is 0 Å². The van der Waals surface area contributed by atoms with Crippen molar-refractivity contribution in [3.63, 3.8) is 0 Å². The highest BCUT2D eigenvalue weighted by Crippen LogP contribution is 2.20. The van der Waals surface area contributed by atoms with Crippen molar-refractivity contribution in [1.82, 2.24) is 15.1 Å². The number of carboxylic acids is 1. The normalized spacial score (nSPS) is 13.7. The summed E-state index contributed by atoms with van der Waals surface area (Å²) in [7, 11) is 0. The lowest BCUT2D eigenvalue weighted by Crippen LogP contribution is -2.26. The number of ether oxygens (including phenoxy) is 1. The van der Waals surface area contributed by atoms with Gasteiger partial charge in [-0.1, -0.05) is 18.2 Å². The van der Waals surface area contributed by atoms with E-state index in [1.54, 1.807) is 4.68 Å². The van der Waals surface area contributed by atoms with Gasteiger partial charge in [0.15, 0.2) is 0 Å². The zero-order chi connectivity index (χ0) is 14.7. The lowest BCUT2D eigenvalue weighted by molar-refractivity contribution is -0.137. The minimum absolute atomic E-state index is 0.104. The molecule has 2 N–H and O–H groups in total. The number of nitrogens with one attached hydrogen (secondary N) is 1. The average Bonchev–Trinajstić information content (AvgIpc) is 2.84. The topological polar surface area (TPSA) is 76.4 Å². The quantitative estimate of drug-likeness (QED) is 0.864. The van der Waals surface area contributed by atoms with E-state index in [-0.39, 0.29) is 6.54 Å². The molecule has 0 fully saturated rings. The summed E-state index contributed by atoms with van der Waals surface area (Å²) < 4.78 is 7.31. The summed E-state index contributed by atoms with van der Waals surface area (Å²) in [5.74, 6) is -0.0998. The van der Waals surface area contributed by atoms with E-state index in [0.29, 0.717) is 13.2 Å². The summed E-state index contributed by atoms with van der Waals surface area (Å²) in [5.41, 5.74) is 2.88. The third-order valence-corrected chi connectivity index (χ3v) is 3.49. The molecule has 1 aliphatic rings. The molecule has 2 heterocycles. The Hall–Kier alpha value is -2.34. The van der Waals surface area contributed by atoms with Crippen LogP contribution in [0.4, 0.5) is 0 Å². The molecule has 0 aliphatic carbocycles. The molecule has 0 saturated heterocycles. The summed E-state index contributed by atoms with van der Waals surface area (Å²) in [4.78, 5) is 10.9. The summed E-state index contributed by atoms with van der Waals surface area (Å²) in [6, 6.07) is 9.53. The first-order valence-electron chi connectivity index (χ1n) is 6.92. The lowest BCUT2D eigenvalue weighted by Gasteiger charge is -2.15. The molecule has 6 heteroatoms. The SMILES string of the molecule is O=C(O)Cn1nc(COc2ccccc2)c2c1CCNC2. The maximum absolute atomic E-state index is 10.9. The second-order valence-corrected chi connectivity index (χ2v) is 4.95. The molecule has 1 aromatic heterocycles. The third-order valence-electron chi connectivity index (χ3n) is 3.49. The second-order valence-electron chi connectivity index (χ2n) is 4.95. The van der Waals surface area contributed by atoms with E-state index in [1.807, 2.05) is 30.3 Å². The number of aromatic nitrogens is 2. The highest BCUT2D eigenvalue weighted by atomic mass is 16.5. The van der Waals surface area contributed by atoms with Gasteiger partial charge in [0, 0.05) is 30.8 Å². The van der Waals surface area contributed by atoms with Gasteiger partial charge in [-0.05, 0) is 12.1 Å². The van der Waals surface area contributed by atoms with Gasteiger partial charge in [-0.15, -0.1) is 0 Å². The summed E-state index contributed by atoms with van der Waals surface area (Å²) in [5, 5.41) is 16.7. The summed E-state index contributed by atoms with van der Waals surface area (Å²) in [6.07, 6.45) is 0.793. The van der Waals surface area contributed by atoms with Crippen LogP contribution in [-0.2, 0) is 30.9 Å². The fourth-order valence-corrected chi connectivity index (χ4v) is 2.54. The first kappa shape index (κ1) is 13.6. The van der Waals surface area contributed by atoms with Gasteiger partial charge in [0.25, 0.3) is 0 Å². The van der Waals surface area contributed by atoms with E-state index < -0.39 is 5.97 Å². The van der Waals surface area contributed by atoms with Crippen molar-refractivity contribution in [1.29, 1.82) is 0 Å². The number of hydrogen-bond acceptors (Lipinski definition) is 4. The van der Waals surface area contributed by atoms with E-state index in [0.717, 1.165) is 35.7 Å². The monoisotopic (exact) mass is 287 g/mol. The molecule has 0 radical (unpaired) electrons. The van der Waals surface area contributed by atoms with Gasteiger partial charge >= 0.3 is 5.97 Å². The molecule has 0 amide bonds. The predicted molar refractivity (Wildman–Crippen MR) is 76.0 cm³/mol. The van der Waals surface area contributed by atoms with Crippen molar-refractivity contribution in [2.75, 3.05) is 6.54 Å². The minimum Gasteiger partial charge on any atom is -0.487 e. The Balaban J connectivity index is 1.81. The van der Waals surface area contributed by atoms with Gasteiger partial charge in [-0.2, -0.15) is 5.10 Å². The molecular formula is C15H17N3O3. The Morgan fingerprint density at radius 1 is 1.38 bits per heavy atom. The van der Waals surface area contributed by atoms with Gasteiger partial charge < -0.3 is 15.2 Å². The highest BCUT2D eigenvalue weighted by Gasteiger charge is 2.21. The molecular weight excluding hydrogens is 270 g/mol. The van der Waals surface area contributed by atoms with Crippen LogP contribution in [0.3, 0.4) is 0 Å². The number of rotatable bonds is 5. The molecule has 0 saturated carbocycles. The van der Waals surface area contributed by atoms with Gasteiger partial charge in [0.05, 0.1) is 0 Å². The van der Waals surface area contributed by atoms with Crippen molar-refractivity contribution in [2.24, 2.45) is 0 Å². The Kier molecular flexibility index (Phi) is 3.87. The van der Waals surface area contributed by atoms with Gasteiger partial charge in [-0.3, -0.25) is 9.48 Å². The van der Waals surface area contributed by atoms with Crippen LogP contribution in [0.15, 0.2) is 30.3 Å². The molecule has 21 heavy (non-hydrogen) atoms. The third kappa shape index (κ3) is 3.05. The van der Waals surface area contributed by atoms with Crippen molar-refractivity contribution in [2.45, 2.75) is 26.1 Å². The Bertz CT molecular complexity index is 637. The maximum atomic E-state index is 10.9. The number of fused-ring (bicyclic) bond motifs is 1. The number of carbonyl (C=O) groups is 1. The average molecular weight is 287 g/mol. The van der Waals surface area contributed by atoms with Crippen molar-refractivity contribution in [3.8, 4) is 5.75 Å². The van der Waals surface area contributed by atoms with Crippen LogP contribution in [0.2, 0.25) is 0 Å². The highest BCUT2D eigenvalue weighted by molar-refractivity contribution is 5.66. The molecule has 110 valence electrons. The van der Waals surface area contributed by atoms with Crippen molar-refractivity contribution >= 4 is 5.97 Å². The predicted octanol–water partition coefficient (Wildman–Crippen LogP) is 1.19. The van der Waals surface area contributed by atoms with E-state index in [4.69, 9.17) is 9.84 Å². The standard InChI is InChI=1S/C15H17N3O3/c19-15(20)9-18-14-6-7-16-8-12(14)13(17-18)10-21-11-4-2-1-3-5-11/h1-5,16H,6-10H2,(H,19,20). The molecule has 1 aliphatic heterocycles. The number of hydrogen-bond donors (Lipinski definition) is 2. The number of aliphatic carboxylic acids is 1. The number of benzene rings is 1. The van der Waals surface area contributed by atoms with Crippen LogP contribution < -0.4 is 10.1 Å². The van der Waals surface area contributed by atoms with E-state index in [2.05, 4.69) is 10.4 Å². The first-order valence-corrected chi connectivity index (χ1v) is 6.92. The van der Waals surface area contributed by atoms with Crippen LogP contribution in [0, 0.1) is 0 Å². The minimum atomic E-state index is -0.880. The largest absolute Gasteiger partial charge is 0.487 e. The Morgan fingerprint density at radius 3 is 2.95 bits per heavy atom. The van der Waals surface area contributed by atoms with Gasteiger partial charge in [0.1, 0.15) is 24.6 Å². The smallest absolute Gasteiger partial charge is 0.325 e. The maximum Gasteiger partial charge on any atom is 0.325 e. The fourth-order valence-electron chi connectivity index (χ4n) is 2.54. The van der Waals surface area contributed by atoms with Crippen LogP contribution in [0.25, 0.3) is 0 Å². The van der Waals surface area contributed by atoms with Gasteiger partial charge in [0.2, 0.25) is 0 Å². The summed E-state index contributed by atoms with van der Waals surface area (Å²) in [6.45, 7) is 1.80. The molecule has 0 atom stereocenters. The Morgan fingerprint density at radius 2 is 2.19 bits per heavy atom. The van der Waals surface area contributed by atoms with Crippen LogP contribution in [-0.4, -0.2) is 27.4 Å². The zero-order valence-corrected chi connectivity index (χ0v) is 11.6. The van der Waals surface area contributed by atoms with Crippen LogP contribution in [0.5, 0.6) is 5.75 Å². The number of para-hydroxylation sites is 1. The molecule has 1 aromatic carbocycles. The van der Waals surface area contributed by atoms with E-state index in [1.165, 1.54) is 0 Å². The molecule has 6 nitrogen and oxygen atoms in total. The molecule has 2 aromatic rings. The van der Waals surface area contributed by atoms with Crippen molar-refractivity contribution < 1.29 is 14.6 Å². The zero-order valence-electron chi connectivity index (χ0n) is 11.6. The van der Waals surface area contributed by atoms with Gasteiger partial charge in [-0.25, -0.2) is 0 Å².